The molecule has 0 bridgehead atoms. The van der Waals surface area contributed by atoms with Crippen molar-refractivity contribution < 1.29 is 13.2 Å². The molecule has 5 nitrogen and oxygen atoms in total. The first kappa shape index (κ1) is 13.0. The predicted octanol–water partition coefficient (Wildman–Crippen LogP) is 0.799. The lowest BCUT2D eigenvalue weighted by Gasteiger charge is -2.10. The summed E-state index contributed by atoms with van der Waals surface area (Å²) < 4.78 is 27.7. The van der Waals surface area contributed by atoms with E-state index in [1.54, 1.807) is 13.2 Å². The van der Waals surface area contributed by atoms with Crippen LogP contribution in [0, 0.1) is 6.92 Å². The van der Waals surface area contributed by atoms with Crippen molar-refractivity contribution in [1.29, 1.82) is 0 Å². The van der Waals surface area contributed by atoms with Crippen LogP contribution in [-0.2, 0) is 16.4 Å². The fourth-order valence-corrected chi connectivity index (χ4v) is 3.12. The second kappa shape index (κ2) is 5.07. The summed E-state index contributed by atoms with van der Waals surface area (Å²) in [4.78, 5) is 4.36. The zero-order valence-corrected chi connectivity index (χ0v) is 11.2. The van der Waals surface area contributed by atoms with E-state index < -0.39 is 9.84 Å². The van der Waals surface area contributed by atoms with Crippen LogP contribution in [0.2, 0.25) is 0 Å². The topological polar surface area (TPSA) is 68.3 Å². The van der Waals surface area contributed by atoms with Crippen molar-refractivity contribution in [3.05, 3.63) is 35.0 Å². The number of sulfone groups is 1. The Bertz CT molecular complexity index is 567. The summed E-state index contributed by atoms with van der Waals surface area (Å²) in [6.45, 7) is 2.41. The van der Waals surface area contributed by atoms with E-state index in [0.717, 1.165) is 17.1 Å². The summed E-state index contributed by atoms with van der Waals surface area (Å²) in [5.74, 6) is 0.879. The minimum atomic E-state index is -3.01. The molecule has 0 aromatic carbocycles. The number of nitrogens with zero attached hydrogens (tertiary/aromatic N) is 1. The van der Waals surface area contributed by atoms with Crippen LogP contribution in [0.15, 0.2) is 23.6 Å². The molecule has 2 rings (SSSR count). The number of hydrogen-bond acceptors (Lipinski definition) is 5. The minimum absolute atomic E-state index is 0.121. The van der Waals surface area contributed by atoms with E-state index in [9.17, 15) is 8.42 Å². The van der Waals surface area contributed by atoms with E-state index in [2.05, 4.69) is 10.3 Å². The largest absolute Gasteiger partial charge is 0.497 e. The Kier molecular flexibility index (Phi) is 3.68. The molecule has 0 saturated carbocycles. The number of aryl methyl sites for hydroxylation is 1. The quantitative estimate of drug-likeness (QED) is 0.874. The summed E-state index contributed by atoms with van der Waals surface area (Å²) in [6.07, 6.45) is 1.67. The third-order valence-electron chi connectivity index (χ3n) is 2.69. The number of methoxy groups -OCH3 is 1. The average molecular weight is 268 g/mol. The first-order valence-corrected chi connectivity index (χ1v) is 7.36. The van der Waals surface area contributed by atoms with Gasteiger partial charge in [0.25, 0.3) is 0 Å². The highest BCUT2D eigenvalue weighted by molar-refractivity contribution is 7.94. The van der Waals surface area contributed by atoms with E-state index in [4.69, 9.17) is 4.74 Å². The van der Waals surface area contributed by atoms with Crippen LogP contribution < -0.4 is 10.1 Å². The van der Waals surface area contributed by atoms with Gasteiger partial charge >= 0.3 is 0 Å². The molecule has 6 heteroatoms. The van der Waals surface area contributed by atoms with Crippen LogP contribution in [0.25, 0.3) is 0 Å². The SMILES string of the molecule is COc1cc(C)nc(CNC2C=CS(=O)(=O)C2)c1. The van der Waals surface area contributed by atoms with Crippen molar-refractivity contribution in [2.75, 3.05) is 12.9 Å². The van der Waals surface area contributed by atoms with Crippen molar-refractivity contribution in [3.63, 3.8) is 0 Å². The average Bonchev–Trinajstić information content (AvgIpc) is 2.65. The summed E-state index contributed by atoms with van der Waals surface area (Å²) in [5.41, 5.74) is 1.71. The summed E-state index contributed by atoms with van der Waals surface area (Å²) >= 11 is 0. The Morgan fingerprint density at radius 3 is 2.89 bits per heavy atom. The monoisotopic (exact) mass is 268 g/mol. The van der Waals surface area contributed by atoms with Gasteiger partial charge in [0.05, 0.1) is 18.6 Å². The second-order valence-electron chi connectivity index (χ2n) is 4.29. The molecule has 1 N–H and O–H groups in total. The van der Waals surface area contributed by atoms with Gasteiger partial charge in [-0.25, -0.2) is 8.42 Å². The number of aromatic nitrogens is 1. The van der Waals surface area contributed by atoms with Gasteiger partial charge in [-0.1, -0.05) is 6.08 Å². The number of pyridine rings is 1. The molecule has 0 fully saturated rings. The van der Waals surface area contributed by atoms with Gasteiger partial charge in [0.15, 0.2) is 9.84 Å². The Hall–Kier alpha value is -1.40. The van der Waals surface area contributed by atoms with E-state index in [1.807, 2.05) is 19.1 Å². The highest BCUT2D eigenvalue weighted by atomic mass is 32.2. The van der Waals surface area contributed by atoms with E-state index >= 15 is 0 Å². The van der Waals surface area contributed by atoms with Gasteiger partial charge in [-0.05, 0) is 6.92 Å². The van der Waals surface area contributed by atoms with Crippen LogP contribution in [-0.4, -0.2) is 32.3 Å². The molecular formula is C12H16N2O3S. The van der Waals surface area contributed by atoms with Crippen molar-refractivity contribution in [2.45, 2.75) is 19.5 Å². The smallest absolute Gasteiger partial charge is 0.173 e. The molecule has 1 aliphatic rings. The van der Waals surface area contributed by atoms with Gasteiger partial charge in [-0.15, -0.1) is 0 Å². The van der Waals surface area contributed by atoms with Crippen LogP contribution in [0.5, 0.6) is 5.75 Å². The molecule has 0 amide bonds. The van der Waals surface area contributed by atoms with Gasteiger partial charge in [-0.2, -0.15) is 0 Å². The van der Waals surface area contributed by atoms with Crippen molar-refractivity contribution in [1.82, 2.24) is 10.3 Å². The Balaban J connectivity index is 1.99. The minimum Gasteiger partial charge on any atom is -0.497 e. The third-order valence-corrected chi connectivity index (χ3v) is 4.09. The van der Waals surface area contributed by atoms with Crippen LogP contribution in [0.1, 0.15) is 11.4 Å². The Morgan fingerprint density at radius 2 is 2.28 bits per heavy atom. The number of rotatable bonds is 4. The molecule has 98 valence electrons. The van der Waals surface area contributed by atoms with E-state index in [0.29, 0.717) is 6.54 Å². The molecule has 2 heterocycles. The Morgan fingerprint density at radius 1 is 1.50 bits per heavy atom. The number of nitrogens with one attached hydrogen (secondary N) is 1. The molecule has 0 aliphatic carbocycles. The number of hydrogen-bond donors (Lipinski definition) is 1. The molecule has 0 saturated heterocycles. The maximum absolute atomic E-state index is 11.2. The normalized spacial score (nSPS) is 21.1. The van der Waals surface area contributed by atoms with Gasteiger partial charge < -0.3 is 10.1 Å². The van der Waals surface area contributed by atoms with E-state index in [-0.39, 0.29) is 11.8 Å². The number of ether oxygens (including phenoxy) is 1. The maximum atomic E-state index is 11.2. The zero-order valence-electron chi connectivity index (χ0n) is 10.4. The fraction of sp³-hybridized carbons (Fsp3) is 0.417. The molecule has 1 aromatic heterocycles. The standard InChI is InChI=1S/C12H16N2O3S/c1-9-5-12(17-2)6-11(14-9)7-13-10-3-4-18(15,16)8-10/h3-6,10,13H,7-8H2,1-2H3. The lowest BCUT2D eigenvalue weighted by atomic mass is 10.2. The molecule has 0 radical (unpaired) electrons. The highest BCUT2D eigenvalue weighted by Crippen LogP contribution is 2.14. The van der Waals surface area contributed by atoms with Gasteiger partial charge in [0.1, 0.15) is 5.75 Å². The molecule has 1 unspecified atom stereocenters. The third kappa shape index (κ3) is 3.30. The molecule has 1 atom stereocenters. The molecule has 1 aromatic rings. The molecular weight excluding hydrogens is 252 g/mol. The van der Waals surface area contributed by atoms with Gasteiger partial charge in [-0.3, -0.25) is 4.98 Å². The second-order valence-corrected chi connectivity index (χ2v) is 6.22. The fourth-order valence-electron chi connectivity index (χ4n) is 1.85. The van der Waals surface area contributed by atoms with Crippen LogP contribution >= 0.6 is 0 Å². The molecule has 1 aliphatic heterocycles. The predicted molar refractivity (Wildman–Crippen MR) is 69.1 cm³/mol. The Labute approximate surface area is 107 Å². The van der Waals surface area contributed by atoms with Crippen LogP contribution in [0.3, 0.4) is 0 Å². The lowest BCUT2D eigenvalue weighted by Crippen LogP contribution is -2.29. The first-order chi connectivity index (χ1) is 8.48. The van der Waals surface area contributed by atoms with Crippen molar-refractivity contribution >= 4 is 9.84 Å². The summed E-state index contributed by atoms with van der Waals surface area (Å²) in [6, 6.07) is 3.56. The van der Waals surface area contributed by atoms with Crippen molar-refractivity contribution in [3.8, 4) is 5.75 Å². The maximum Gasteiger partial charge on any atom is 0.173 e. The van der Waals surface area contributed by atoms with Gasteiger partial charge in [0, 0.05) is 35.8 Å². The van der Waals surface area contributed by atoms with E-state index in [1.165, 1.54) is 5.41 Å². The highest BCUT2D eigenvalue weighted by Gasteiger charge is 2.20. The van der Waals surface area contributed by atoms with Crippen LogP contribution in [0.4, 0.5) is 0 Å². The first-order valence-electron chi connectivity index (χ1n) is 5.64. The van der Waals surface area contributed by atoms with Crippen molar-refractivity contribution in [2.24, 2.45) is 0 Å². The molecule has 0 spiro atoms. The van der Waals surface area contributed by atoms with Gasteiger partial charge in [0.2, 0.25) is 0 Å². The summed E-state index contributed by atoms with van der Waals surface area (Å²) in [7, 11) is -1.40. The molecule has 18 heavy (non-hydrogen) atoms. The zero-order chi connectivity index (χ0) is 13.2. The lowest BCUT2D eigenvalue weighted by molar-refractivity contribution is 0.412. The summed E-state index contributed by atoms with van der Waals surface area (Å²) in [5, 5.41) is 4.41.